The molecule has 10 heteroatoms. The predicted octanol–water partition coefficient (Wildman–Crippen LogP) is -1.30. The van der Waals surface area contributed by atoms with Crippen molar-refractivity contribution in [2.75, 3.05) is 13.3 Å². The van der Waals surface area contributed by atoms with Gasteiger partial charge in [-0.1, -0.05) is 23.7 Å². The molecule has 8 nitrogen and oxygen atoms in total. The van der Waals surface area contributed by atoms with E-state index in [-0.39, 0.29) is 48.3 Å². The smallest absolute Gasteiger partial charge is 0.549 e. The van der Waals surface area contributed by atoms with Gasteiger partial charge in [0.1, 0.15) is 0 Å². The van der Waals surface area contributed by atoms with Crippen LogP contribution in [0.15, 0.2) is 47.1 Å². The molecule has 27 heavy (non-hydrogen) atoms. The number of carboxylic acid groups (broad SMARTS) is 1. The molecule has 2 aromatic rings. The fourth-order valence-electron chi connectivity index (χ4n) is 2.09. The summed E-state index contributed by atoms with van der Waals surface area (Å²) in [6.07, 6.45) is 0.537. The maximum Gasteiger partial charge on any atom is 1.00 e. The van der Waals surface area contributed by atoms with Gasteiger partial charge in [-0.2, -0.15) is 0 Å². The molecule has 1 N–H and O–H groups in total. The second kappa shape index (κ2) is 11.7. The molecular formula is C17H15ClNNaO7. The molecule has 0 bridgehead atoms. The second-order valence-electron chi connectivity index (χ2n) is 5.10. The number of aliphatic carboxylic acids is 1. The van der Waals surface area contributed by atoms with Gasteiger partial charge >= 0.3 is 41.6 Å². The Morgan fingerprint density at radius 3 is 2.44 bits per heavy atom. The first kappa shape index (κ1) is 23.0. The fourth-order valence-corrected chi connectivity index (χ4v) is 2.21. The fraction of sp³-hybridized carbons (Fsp3) is 0.235. The van der Waals surface area contributed by atoms with E-state index >= 15 is 0 Å². The normalized spacial score (nSPS) is 11.0. The molecule has 1 amide bonds. The Balaban J connectivity index is 0.00000364. The Morgan fingerprint density at radius 2 is 1.85 bits per heavy atom. The number of ether oxygens (including phenoxy) is 2. The van der Waals surface area contributed by atoms with Crippen molar-refractivity contribution < 1.29 is 62.9 Å². The van der Waals surface area contributed by atoms with Crippen LogP contribution in [-0.4, -0.2) is 31.4 Å². The summed E-state index contributed by atoms with van der Waals surface area (Å²) in [5.41, 5.74) is 0.511. The van der Waals surface area contributed by atoms with Crippen molar-refractivity contribution in [3.05, 3.63) is 59.0 Å². The van der Waals surface area contributed by atoms with Crippen molar-refractivity contribution in [2.45, 2.75) is 12.3 Å². The Hall–Kier alpha value is -2.00. The number of esters is 1. The molecule has 1 aromatic carbocycles. The van der Waals surface area contributed by atoms with Crippen LogP contribution < -0.4 is 40.0 Å². The first-order chi connectivity index (χ1) is 12.5. The number of carbonyl (C=O) groups excluding carboxylic acids is 3. The van der Waals surface area contributed by atoms with E-state index in [2.05, 4.69) is 14.8 Å². The zero-order valence-electron chi connectivity index (χ0n) is 14.5. The Bertz CT molecular complexity index is 749. The van der Waals surface area contributed by atoms with E-state index in [9.17, 15) is 19.5 Å². The SMILES string of the molecule is O=C(NCCC(C(=O)[O-])c1ccc(Cl)cc1)OCOC(=O)c1ccco1.[Na+]. The molecule has 0 aliphatic rings. The van der Waals surface area contributed by atoms with Crippen LogP contribution in [0, 0.1) is 0 Å². The van der Waals surface area contributed by atoms with E-state index in [0.29, 0.717) is 10.6 Å². The molecule has 1 atom stereocenters. The minimum atomic E-state index is -1.27. The predicted molar refractivity (Wildman–Crippen MR) is 87.3 cm³/mol. The van der Waals surface area contributed by atoms with Crippen molar-refractivity contribution in [1.29, 1.82) is 0 Å². The molecular weight excluding hydrogens is 389 g/mol. The molecule has 1 heterocycles. The standard InChI is InChI=1S/C17H16ClNO7.Na/c18-12-5-3-11(4-6-12)13(15(20)21)7-8-19-17(23)26-10-25-16(22)14-2-1-9-24-14;/h1-6,9,13H,7-8,10H2,(H,19,23)(H,20,21);/q;+1/p-1. The van der Waals surface area contributed by atoms with Gasteiger partial charge in [0.15, 0.2) is 0 Å². The van der Waals surface area contributed by atoms with E-state index in [1.807, 2.05) is 0 Å². The van der Waals surface area contributed by atoms with Gasteiger partial charge in [-0.3, -0.25) is 0 Å². The van der Waals surface area contributed by atoms with Crippen molar-refractivity contribution in [1.82, 2.24) is 5.32 Å². The summed E-state index contributed by atoms with van der Waals surface area (Å²) >= 11 is 5.77. The average Bonchev–Trinajstić information content (AvgIpc) is 3.14. The number of carboxylic acids is 1. The minimum absolute atomic E-state index is 0. The molecule has 0 radical (unpaired) electrons. The monoisotopic (exact) mass is 403 g/mol. The molecule has 2 rings (SSSR count). The molecule has 0 aliphatic heterocycles. The van der Waals surface area contributed by atoms with Crippen LogP contribution in [0.5, 0.6) is 0 Å². The topological polar surface area (TPSA) is 118 Å². The van der Waals surface area contributed by atoms with Crippen LogP contribution in [0.4, 0.5) is 4.79 Å². The van der Waals surface area contributed by atoms with Gasteiger partial charge in [0.2, 0.25) is 12.6 Å². The molecule has 0 spiro atoms. The number of rotatable bonds is 8. The molecule has 0 fully saturated rings. The van der Waals surface area contributed by atoms with Crippen LogP contribution in [0.2, 0.25) is 5.02 Å². The first-order valence-corrected chi connectivity index (χ1v) is 7.92. The first-order valence-electron chi connectivity index (χ1n) is 7.55. The van der Waals surface area contributed by atoms with Crippen molar-refractivity contribution in [3.63, 3.8) is 0 Å². The maximum atomic E-state index is 11.5. The van der Waals surface area contributed by atoms with Crippen LogP contribution in [0.1, 0.15) is 28.5 Å². The number of carbonyl (C=O) groups is 3. The summed E-state index contributed by atoms with van der Waals surface area (Å²) in [6, 6.07) is 9.21. The number of furan rings is 1. The number of benzene rings is 1. The molecule has 0 saturated carbocycles. The van der Waals surface area contributed by atoms with Gasteiger partial charge in [0.05, 0.1) is 6.26 Å². The van der Waals surface area contributed by atoms with Crippen molar-refractivity contribution >= 4 is 29.6 Å². The zero-order chi connectivity index (χ0) is 18.9. The average molecular weight is 404 g/mol. The third-order valence-electron chi connectivity index (χ3n) is 3.36. The van der Waals surface area contributed by atoms with Crippen LogP contribution in [0.25, 0.3) is 0 Å². The third-order valence-corrected chi connectivity index (χ3v) is 3.61. The number of halogens is 1. The quantitative estimate of drug-likeness (QED) is 0.331. The molecule has 0 aliphatic carbocycles. The van der Waals surface area contributed by atoms with Crippen molar-refractivity contribution in [3.8, 4) is 0 Å². The molecule has 1 unspecified atom stereocenters. The van der Waals surface area contributed by atoms with Crippen molar-refractivity contribution in [2.24, 2.45) is 0 Å². The zero-order valence-corrected chi connectivity index (χ0v) is 17.2. The van der Waals surface area contributed by atoms with Crippen LogP contribution in [-0.2, 0) is 14.3 Å². The summed E-state index contributed by atoms with van der Waals surface area (Å²) in [4.78, 5) is 34.2. The molecule has 1 aromatic heterocycles. The van der Waals surface area contributed by atoms with E-state index in [4.69, 9.17) is 16.0 Å². The summed E-state index contributed by atoms with van der Waals surface area (Å²) in [5.74, 6) is -2.98. The minimum Gasteiger partial charge on any atom is -0.549 e. The van der Waals surface area contributed by atoms with Gasteiger partial charge in [-0.25, -0.2) is 9.59 Å². The second-order valence-corrected chi connectivity index (χ2v) is 5.53. The third kappa shape index (κ3) is 7.64. The van der Waals surface area contributed by atoms with Gasteiger partial charge in [-0.05, 0) is 36.2 Å². The van der Waals surface area contributed by atoms with Gasteiger partial charge in [0, 0.05) is 23.5 Å². The number of hydrogen-bond donors (Lipinski definition) is 1. The van der Waals surface area contributed by atoms with E-state index in [1.54, 1.807) is 24.3 Å². The summed E-state index contributed by atoms with van der Waals surface area (Å²) < 4.78 is 14.1. The summed E-state index contributed by atoms with van der Waals surface area (Å²) in [5, 5.41) is 14.1. The molecule has 138 valence electrons. The van der Waals surface area contributed by atoms with Crippen LogP contribution in [0.3, 0.4) is 0 Å². The van der Waals surface area contributed by atoms with Gasteiger partial charge in [0.25, 0.3) is 0 Å². The van der Waals surface area contributed by atoms with E-state index in [0.717, 1.165) is 0 Å². The number of hydrogen-bond acceptors (Lipinski definition) is 7. The number of alkyl carbamates (subject to hydrolysis) is 1. The summed E-state index contributed by atoms with van der Waals surface area (Å²) in [6.45, 7) is -0.585. The Kier molecular flexibility index (Phi) is 9.95. The van der Waals surface area contributed by atoms with E-state index in [1.165, 1.54) is 18.4 Å². The maximum absolute atomic E-state index is 11.5. The Labute approximate surface area is 182 Å². The van der Waals surface area contributed by atoms with Crippen LogP contribution >= 0.6 is 11.6 Å². The number of nitrogens with one attached hydrogen (secondary N) is 1. The Morgan fingerprint density at radius 1 is 1.15 bits per heavy atom. The molecule has 0 saturated heterocycles. The number of amides is 1. The van der Waals surface area contributed by atoms with Gasteiger partial charge < -0.3 is 29.1 Å². The largest absolute Gasteiger partial charge is 1.00 e. The van der Waals surface area contributed by atoms with Gasteiger partial charge in [-0.15, -0.1) is 0 Å². The summed E-state index contributed by atoms with van der Waals surface area (Å²) in [7, 11) is 0. The van der Waals surface area contributed by atoms with E-state index < -0.39 is 30.7 Å².